The van der Waals surface area contributed by atoms with Crippen LogP contribution in [0.4, 0.5) is 5.69 Å². The number of fused-ring (bicyclic) bond motifs is 4. The van der Waals surface area contributed by atoms with Crippen LogP contribution in [0.5, 0.6) is 5.75 Å². The van der Waals surface area contributed by atoms with Crippen LogP contribution in [0.15, 0.2) is 84.4 Å². The minimum Gasteiger partial charge on any atom is -0.487 e. The van der Waals surface area contributed by atoms with E-state index in [-0.39, 0.29) is 11.2 Å². The maximum Gasteiger partial charge on any atom is 0.162 e. The zero-order chi connectivity index (χ0) is 25.7. The van der Waals surface area contributed by atoms with Crippen LogP contribution in [0.1, 0.15) is 49.4 Å². The summed E-state index contributed by atoms with van der Waals surface area (Å²) >= 11 is 13.2. The van der Waals surface area contributed by atoms with Gasteiger partial charge in [0.05, 0.1) is 11.1 Å². The van der Waals surface area contributed by atoms with Gasteiger partial charge in [0.1, 0.15) is 12.4 Å². The number of anilines is 1. The summed E-state index contributed by atoms with van der Waals surface area (Å²) in [5.74, 6) is 0.689. The number of ether oxygens (including phenoxy) is 1. The SMILES string of the molecule is CC1(C)CC(=O)C2=C(C1)c1c(ccc3ccccc13)N[C@@H]2c1cc(Cl)cc(Cl)c1OCc1ccccc1. The van der Waals surface area contributed by atoms with Gasteiger partial charge >= 0.3 is 0 Å². The van der Waals surface area contributed by atoms with Crippen molar-refractivity contribution in [2.45, 2.75) is 39.3 Å². The van der Waals surface area contributed by atoms with E-state index in [1.807, 2.05) is 42.5 Å². The molecule has 0 spiro atoms. The molecule has 0 unspecified atom stereocenters. The van der Waals surface area contributed by atoms with Gasteiger partial charge in [0, 0.05) is 33.8 Å². The lowest BCUT2D eigenvalue weighted by atomic mass is 9.68. The number of hydrogen-bond donors (Lipinski definition) is 1. The molecule has 0 saturated heterocycles. The molecule has 4 aromatic rings. The topological polar surface area (TPSA) is 38.3 Å². The number of rotatable bonds is 4. The van der Waals surface area contributed by atoms with Gasteiger partial charge in [-0.25, -0.2) is 0 Å². The zero-order valence-corrected chi connectivity index (χ0v) is 22.3. The lowest BCUT2D eigenvalue weighted by Gasteiger charge is -2.40. The molecule has 1 aliphatic carbocycles. The first-order valence-corrected chi connectivity index (χ1v) is 13.3. The van der Waals surface area contributed by atoms with Gasteiger partial charge < -0.3 is 10.1 Å². The van der Waals surface area contributed by atoms with Crippen LogP contribution in [-0.4, -0.2) is 5.78 Å². The average molecular weight is 528 g/mol. The first-order chi connectivity index (χ1) is 17.8. The number of carbonyl (C=O) groups excluding carboxylic acids is 1. The third kappa shape index (κ3) is 4.41. The van der Waals surface area contributed by atoms with Crippen molar-refractivity contribution in [2.75, 3.05) is 5.32 Å². The summed E-state index contributed by atoms with van der Waals surface area (Å²) in [5.41, 5.74) is 5.66. The Kier molecular flexibility index (Phi) is 6.01. The molecule has 0 saturated carbocycles. The van der Waals surface area contributed by atoms with E-state index in [1.54, 1.807) is 6.07 Å². The molecule has 0 fully saturated rings. The van der Waals surface area contributed by atoms with Crippen molar-refractivity contribution < 1.29 is 9.53 Å². The number of hydrogen-bond acceptors (Lipinski definition) is 3. The van der Waals surface area contributed by atoms with Gasteiger partial charge in [0.2, 0.25) is 0 Å². The second kappa shape index (κ2) is 9.24. The molecule has 0 aromatic heterocycles. The van der Waals surface area contributed by atoms with Crippen LogP contribution in [0.25, 0.3) is 16.3 Å². The molecule has 1 N–H and O–H groups in total. The van der Waals surface area contributed by atoms with Crippen LogP contribution in [-0.2, 0) is 11.4 Å². The highest BCUT2D eigenvalue weighted by molar-refractivity contribution is 6.35. The number of Topliss-reactive ketones (excluding diaryl/α,β-unsaturated/α-hetero) is 1. The van der Waals surface area contributed by atoms with Gasteiger partial charge in [-0.3, -0.25) is 4.79 Å². The molecule has 1 atom stereocenters. The quantitative estimate of drug-likeness (QED) is 0.287. The molecular formula is C32H27Cl2NO2. The first-order valence-electron chi connectivity index (χ1n) is 12.5. The number of nitrogens with one attached hydrogen (secondary N) is 1. The van der Waals surface area contributed by atoms with Crippen LogP contribution in [0, 0.1) is 5.41 Å². The second-order valence-corrected chi connectivity index (χ2v) is 11.5. The van der Waals surface area contributed by atoms with Crippen molar-refractivity contribution in [3.63, 3.8) is 0 Å². The van der Waals surface area contributed by atoms with Crippen LogP contribution in [0.3, 0.4) is 0 Å². The van der Waals surface area contributed by atoms with E-state index in [2.05, 4.69) is 49.5 Å². The Morgan fingerprint density at radius 1 is 0.946 bits per heavy atom. The number of carbonyl (C=O) groups is 1. The highest BCUT2D eigenvalue weighted by Gasteiger charge is 2.41. The van der Waals surface area contributed by atoms with E-state index in [1.165, 1.54) is 0 Å². The molecule has 6 rings (SSSR count). The van der Waals surface area contributed by atoms with E-state index >= 15 is 0 Å². The highest BCUT2D eigenvalue weighted by Crippen LogP contribution is 2.53. The summed E-state index contributed by atoms with van der Waals surface area (Å²) in [6.07, 6.45) is 1.29. The Bertz CT molecular complexity index is 1570. The highest BCUT2D eigenvalue weighted by atomic mass is 35.5. The molecule has 37 heavy (non-hydrogen) atoms. The van der Waals surface area contributed by atoms with Crippen molar-refractivity contribution in [1.82, 2.24) is 0 Å². The van der Waals surface area contributed by atoms with Gasteiger partial charge in [0.25, 0.3) is 0 Å². The monoisotopic (exact) mass is 527 g/mol. The number of ketones is 1. The van der Waals surface area contributed by atoms with E-state index in [9.17, 15) is 4.79 Å². The van der Waals surface area contributed by atoms with Gasteiger partial charge in [-0.2, -0.15) is 0 Å². The van der Waals surface area contributed by atoms with Crippen molar-refractivity contribution in [2.24, 2.45) is 5.41 Å². The molecule has 0 radical (unpaired) electrons. The van der Waals surface area contributed by atoms with Crippen LogP contribution in [0.2, 0.25) is 10.0 Å². The standard InChI is InChI=1S/C32H27Cl2NO2/c1-32(2)16-24-28-22-11-7-6-10-20(22)12-13-26(28)35-30(29(24)27(36)17-32)23-14-21(33)15-25(34)31(23)37-18-19-8-4-3-5-9-19/h3-15,30,35H,16-18H2,1-2H3/t30-/m1/s1. The van der Waals surface area contributed by atoms with E-state index in [4.69, 9.17) is 27.9 Å². The van der Waals surface area contributed by atoms with Crippen molar-refractivity contribution in [1.29, 1.82) is 0 Å². The Morgan fingerprint density at radius 2 is 1.70 bits per heavy atom. The Hall–Kier alpha value is -3.27. The summed E-state index contributed by atoms with van der Waals surface area (Å²) in [6.45, 7) is 4.69. The van der Waals surface area contributed by atoms with E-state index < -0.39 is 6.04 Å². The fourth-order valence-corrected chi connectivity index (χ4v) is 6.31. The molecule has 5 heteroatoms. The minimum atomic E-state index is -0.422. The lowest BCUT2D eigenvalue weighted by molar-refractivity contribution is -0.118. The van der Waals surface area contributed by atoms with Gasteiger partial charge in [-0.15, -0.1) is 0 Å². The number of benzene rings is 4. The van der Waals surface area contributed by atoms with E-state index in [0.717, 1.165) is 50.7 Å². The van der Waals surface area contributed by atoms with Gasteiger partial charge in [-0.05, 0) is 51.9 Å². The lowest BCUT2D eigenvalue weighted by Crippen LogP contribution is -2.33. The van der Waals surface area contributed by atoms with Crippen molar-refractivity contribution >= 4 is 51.0 Å². The maximum atomic E-state index is 13.8. The zero-order valence-electron chi connectivity index (χ0n) is 20.8. The maximum absolute atomic E-state index is 13.8. The third-order valence-corrected chi connectivity index (χ3v) is 7.81. The fraction of sp³-hybridized carbons (Fsp3) is 0.219. The summed E-state index contributed by atoms with van der Waals surface area (Å²) in [6, 6.07) is 25.7. The molecule has 1 aliphatic heterocycles. The molecule has 2 aliphatic rings. The molecule has 0 amide bonds. The summed E-state index contributed by atoms with van der Waals surface area (Å²) in [5, 5.41) is 6.91. The van der Waals surface area contributed by atoms with Gasteiger partial charge in [0.15, 0.2) is 5.78 Å². The molecule has 4 aromatic carbocycles. The molecule has 3 nitrogen and oxygen atoms in total. The average Bonchev–Trinajstić information content (AvgIpc) is 2.86. The molecule has 186 valence electrons. The fourth-order valence-electron chi connectivity index (χ4n) is 5.75. The molecular weight excluding hydrogens is 501 g/mol. The number of halogens is 2. The molecule has 0 bridgehead atoms. The van der Waals surface area contributed by atoms with Crippen LogP contribution < -0.4 is 10.1 Å². The van der Waals surface area contributed by atoms with Gasteiger partial charge in [-0.1, -0.05) is 97.7 Å². The van der Waals surface area contributed by atoms with Crippen LogP contribution >= 0.6 is 23.2 Å². The second-order valence-electron chi connectivity index (χ2n) is 10.7. The predicted molar refractivity (Wildman–Crippen MR) is 152 cm³/mol. The third-order valence-electron chi connectivity index (χ3n) is 7.31. The smallest absolute Gasteiger partial charge is 0.162 e. The van der Waals surface area contributed by atoms with Crippen molar-refractivity contribution in [3.8, 4) is 5.75 Å². The first kappa shape index (κ1) is 24.1. The summed E-state index contributed by atoms with van der Waals surface area (Å²) in [4.78, 5) is 13.8. The predicted octanol–water partition coefficient (Wildman–Crippen LogP) is 9.04. The van der Waals surface area contributed by atoms with Crippen molar-refractivity contribution in [3.05, 3.63) is 111 Å². The Balaban J connectivity index is 1.54. The Labute approximate surface area is 227 Å². The number of allylic oxidation sites excluding steroid dienone is 1. The largest absolute Gasteiger partial charge is 0.487 e. The molecule has 1 heterocycles. The van der Waals surface area contributed by atoms with E-state index in [0.29, 0.717) is 28.8 Å². The summed E-state index contributed by atoms with van der Waals surface area (Å²) < 4.78 is 6.31. The minimum absolute atomic E-state index is 0.134. The Morgan fingerprint density at radius 3 is 2.51 bits per heavy atom. The summed E-state index contributed by atoms with van der Waals surface area (Å²) in [7, 11) is 0. The normalized spacial score (nSPS) is 18.3.